The minimum atomic E-state index is -1.28. The van der Waals surface area contributed by atoms with Crippen molar-refractivity contribution in [3.63, 3.8) is 0 Å². The zero-order valence-corrected chi connectivity index (χ0v) is 16.9. The molecule has 0 saturated heterocycles. The SMILES string of the molecule is NC(=O)CCCNC(=O)C1=CC(NC(=O)CC2(CC(=O)O)CCCC2)C(O)C(O)C1. The van der Waals surface area contributed by atoms with Crippen LogP contribution in [0.2, 0.25) is 0 Å². The van der Waals surface area contributed by atoms with Gasteiger partial charge in [0.2, 0.25) is 17.7 Å². The molecule has 3 amide bonds. The van der Waals surface area contributed by atoms with Crippen LogP contribution in [0.5, 0.6) is 0 Å². The molecule has 0 aliphatic heterocycles. The molecule has 3 unspecified atom stereocenters. The highest BCUT2D eigenvalue weighted by Crippen LogP contribution is 2.44. The van der Waals surface area contributed by atoms with Gasteiger partial charge in [-0.15, -0.1) is 0 Å². The van der Waals surface area contributed by atoms with Gasteiger partial charge in [-0.05, 0) is 24.7 Å². The van der Waals surface area contributed by atoms with E-state index in [2.05, 4.69) is 10.6 Å². The van der Waals surface area contributed by atoms with Gasteiger partial charge >= 0.3 is 5.97 Å². The summed E-state index contributed by atoms with van der Waals surface area (Å²) in [6.45, 7) is 0.229. The van der Waals surface area contributed by atoms with E-state index in [1.54, 1.807) is 0 Å². The molecule has 0 aromatic rings. The second kappa shape index (κ2) is 10.5. The van der Waals surface area contributed by atoms with E-state index in [1.165, 1.54) is 6.08 Å². The van der Waals surface area contributed by atoms with Gasteiger partial charge in [-0.3, -0.25) is 19.2 Å². The van der Waals surface area contributed by atoms with E-state index in [9.17, 15) is 34.5 Å². The van der Waals surface area contributed by atoms with E-state index in [4.69, 9.17) is 5.73 Å². The number of carbonyl (C=O) groups is 4. The first kappa shape index (κ1) is 23.8. The second-order valence-corrected chi connectivity index (χ2v) is 8.33. The van der Waals surface area contributed by atoms with Crippen LogP contribution < -0.4 is 16.4 Å². The highest BCUT2D eigenvalue weighted by molar-refractivity contribution is 5.94. The van der Waals surface area contributed by atoms with Crippen molar-refractivity contribution < 1.29 is 34.5 Å². The molecule has 0 radical (unpaired) electrons. The molecule has 0 aromatic carbocycles. The van der Waals surface area contributed by atoms with Gasteiger partial charge < -0.3 is 31.7 Å². The van der Waals surface area contributed by atoms with Crippen LogP contribution in [-0.2, 0) is 19.2 Å². The monoisotopic (exact) mass is 425 g/mol. The minimum absolute atomic E-state index is 0.0150. The molecule has 0 bridgehead atoms. The van der Waals surface area contributed by atoms with Gasteiger partial charge in [0.15, 0.2) is 0 Å². The smallest absolute Gasteiger partial charge is 0.303 e. The predicted octanol–water partition coefficient (Wildman–Crippen LogP) is -0.670. The molecule has 2 aliphatic carbocycles. The molecule has 0 heterocycles. The van der Waals surface area contributed by atoms with Crippen molar-refractivity contribution in [3.05, 3.63) is 11.6 Å². The fraction of sp³-hybridized carbons (Fsp3) is 0.700. The van der Waals surface area contributed by atoms with Crippen LogP contribution in [0.25, 0.3) is 0 Å². The lowest BCUT2D eigenvalue weighted by Gasteiger charge is -2.32. The van der Waals surface area contributed by atoms with Gasteiger partial charge in [-0.2, -0.15) is 0 Å². The Morgan fingerprint density at radius 2 is 1.80 bits per heavy atom. The highest BCUT2D eigenvalue weighted by atomic mass is 16.4. The van der Waals surface area contributed by atoms with Gasteiger partial charge in [0.25, 0.3) is 0 Å². The van der Waals surface area contributed by atoms with E-state index in [-0.39, 0.29) is 37.8 Å². The summed E-state index contributed by atoms with van der Waals surface area (Å²) in [4.78, 5) is 46.8. The molecule has 3 atom stereocenters. The predicted molar refractivity (Wildman–Crippen MR) is 106 cm³/mol. The van der Waals surface area contributed by atoms with Crippen LogP contribution in [0.1, 0.15) is 57.8 Å². The van der Waals surface area contributed by atoms with E-state index in [0.717, 1.165) is 12.8 Å². The van der Waals surface area contributed by atoms with E-state index < -0.39 is 47.4 Å². The lowest BCUT2D eigenvalue weighted by atomic mass is 9.79. The first-order chi connectivity index (χ1) is 14.1. The molecule has 0 aromatic heterocycles. The Labute approximate surface area is 174 Å². The maximum Gasteiger partial charge on any atom is 0.303 e. The first-order valence-corrected chi connectivity index (χ1v) is 10.3. The number of carboxylic acid groups (broad SMARTS) is 1. The minimum Gasteiger partial charge on any atom is -0.481 e. The Hall–Kier alpha value is -2.46. The van der Waals surface area contributed by atoms with Crippen LogP contribution in [-0.4, -0.2) is 63.8 Å². The number of amides is 3. The zero-order chi connectivity index (χ0) is 22.3. The number of carboxylic acids is 1. The van der Waals surface area contributed by atoms with Crippen molar-refractivity contribution in [2.75, 3.05) is 6.54 Å². The van der Waals surface area contributed by atoms with Crippen molar-refractivity contribution in [3.8, 4) is 0 Å². The number of rotatable bonds is 10. The normalized spacial score (nSPS) is 25.3. The molecule has 2 aliphatic rings. The third-order valence-corrected chi connectivity index (χ3v) is 5.80. The lowest BCUT2D eigenvalue weighted by Crippen LogP contribution is -2.51. The fourth-order valence-corrected chi connectivity index (χ4v) is 4.28. The molecule has 10 nitrogen and oxygen atoms in total. The third kappa shape index (κ3) is 6.81. The molecule has 2 rings (SSSR count). The largest absolute Gasteiger partial charge is 0.481 e. The molecular formula is C20H31N3O7. The summed E-state index contributed by atoms with van der Waals surface area (Å²) in [7, 11) is 0. The summed E-state index contributed by atoms with van der Waals surface area (Å²) >= 11 is 0. The highest BCUT2D eigenvalue weighted by Gasteiger charge is 2.39. The third-order valence-electron chi connectivity index (χ3n) is 5.80. The molecular weight excluding hydrogens is 394 g/mol. The fourth-order valence-electron chi connectivity index (χ4n) is 4.28. The number of aliphatic carboxylic acids is 1. The van der Waals surface area contributed by atoms with Crippen LogP contribution in [0, 0.1) is 5.41 Å². The summed E-state index contributed by atoms with van der Waals surface area (Å²) in [5.41, 5.74) is 4.67. The Bertz CT molecular complexity index is 701. The Kier molecular flexibility index (Phi) is 8.36. The quantitative estimate of drug-likeness (QED) is 0.251. The molecule has 0 spiro atoms. The van der Waals surface area contributed by atoms with Crippen LogP contribution in [0.3, 0.4) is 0 Å². The Morgan fingerprint density at radius 3 is 2.40 bits per heavy atom. The second-order valence-electron chi connectivity index (χ2n) is 8.33. The topological polar surface area (TPSA) is 179 Å². The Morgan fingerprint density at radius 1 is 1.13 bits per heavy atom. The van der Waals surface area contributed by atoms with Crippen molar-refractivity contribution in [2.45, 2.75) is 76.0 Å². The van der Waals surface area contributed by atoms with Gasteiger partial charge in [0, 0.05) is 31.4 Å². The standard InChI is InChI=1S/C20H31N3O7/c21-15(25)4-3-7-22-19(30)12-8-13(18(29)14(24)9-12)23-16(26)10-20(11-17(27)28)5-1-2-6-20/h8,13-14,18,24,29H,1-7,9-11H2,(H2,21,25)(H,22,30)(H,23,26)(H,27,28). The number of primary amides is 1. The Balaban J connectivity index is 1.99. The van der Waals surface area contributed by atoms with Crippen molar-refractivity contribution in [1.82, 2.24) is 10.6 Å². The van der Waals surface area contributed by atoms with Crippen molar-refractivity contribution in [1.29, 1.82) is 0 Å². The van der Waals surface area contributed by atoms with Gasteiger partial charge in [0.05, 0.1) is 18.6 Å². The van der Waals surface area contributed by atoms with Crippen LogP contribution >= 0.6 is 0 Å². The molecule has 10 heteroatoms. The molecule has 7 N–H and O–H groups in total. The van der Waals surface area contributed by atoms with Crippen molar-refractivity contribution >= 4 is 23.7 Å². The average molecular weight is 425 g/mol. The van der Waals surface area contributed by atoms with Crippen LogP contribution in [0.4, 0.5) is 0 Å². The van der Waals surface area contributed by atoms with E-state index >= 15 is 0 Å². The zero-order valence-electron chi connectivity index (χ0n) is 16.9. The number of hydrogen-bond donors (Lipinski definition) is 6. The number of aliphatic hydroxyl groups is 2. The van der Waals surface area contributed by atoms with Gasteiger partial charge in [0.1, 0.15) is 6.10 Å². The molecule has 1 fully saturated rings. The van der Waals surface area contributed by atoms with E-state index in [1.807, 2.05) is 0 Å². The number of nitrogens with one attached hydrogen (secondary N) is 2. The number of aliphatic hydroxyl groups excluding tert-OH is 2. The maximum absolute atomic E-state index is 12.6. The van der Waals surface area contributed by atoms with E-state index in [0.29, 0.717) is 19.3 Å². The summed E-state index contributed by atoms with van der Waals surface area (Å²) in [5, 5.41) is 34.8. The number of hydrogen-bond acceptors (Lipinski definition) is 6. The first-order valence-electron chi connectivity index (χ1n) is 10.3. The number of carbonyl (C=O) groups excluding carboxylic acids is 3. The summed E-state index contributed by atoms with van der Waals surface area (Å²) in [5.74, 6) is -2.30. The summed E-state index contributed by atoms with van der Waals surface area (Å²) in [6.07, 6.45) is 2.31. The average Bonchev–Trinajstić information content (AvgIpc) is 3.08. The molecule has 1 saturated carbocycles. The summed E-state index contributed by atoms with van der Waals surface area (Å²) < 4.78 is 0. The van der Waals surface area contributed by atoms with Gasteiger partial charge in [-0.1, -0.05) is 18.9 Å². The summed E-state index contributed by atoms with van der Waals surface area (Å²) in [6, 6.07) is -0.962. The maximum atomic E-state index is 12.6. The molecule has 30 heavy (non-hydrogen) atoms. The lowest BCUT2D eigenvalue weighted by molar-refractivity contribution is -0.140. The van der Waals surface area contributed by atoms with Gasteiger partial charge in [-0.25, -0.2) is 0 Å². The van der Waals surface area contributed by atoms with Crippen molar-refractivity contribution in [2.24, 2.45) is 11.1 Å². The van der Waals surface area contributed by atoms with Crippen LogP contribution in [0.15, 0.2) is 11.6 Å². The molecule has 168 valence electrons. The number of nitrogens with two attached hydrogens (primary N) is 1.